The molecule has 0 bridgehead atoms. The number of amides is 1. The number of benzene rings is 2. The summed E-state index contributed by atoms with van der Waals surface area (Å²) in [6, 6.07) is 16.2. The molecule has 7 nitrogen and oxygen atoms in total. The van der Waals surface area contributed by atoms with Gasteiger partial charge in [0.2, 0.25) is 11.8 Å². The minimum atomic E-state index is -1.79. The molecule has 2 aliphatic heterocycles. The summed E-state index contributed by atoms with van der Waals surface area (Å²) in [7, 11) is 0. The van der Waals surface area contributed by atoms with E-state index in [2.05, 4.69) is 15.9 Å². The van der Waals surface area contributed by atoms with Gasteiger partial charge < -0.3 is 20.1 Å². The summed E-state index contributed by atoms with van der Waals surface area (Å²) in [5, 5.41) is 10.1. The van der Waals surface area contributed by atoms with Gasteiger partial charge in [0.1, 0.15) is 23.0 Å². The summed E-state index contributed by atoms with van der Waals surface area (Å²) >= 11 is 3.46. The molecule has 0 aliphatic carbocycles. The summed E-state index contributed by atoms with van der Waals surface area (Å²) in [5.74, 6) is -1.33. The number of carbonyl (C=O) groups is 2. The van der Waals surface area contributed by atoms with E-state index in [0.717, 1.165) is 0 Å². The summed E-state index contributed by atoms with van der Waals surface area (Å²) in [4.78, 5) is 29.0. The van der Waals surface area contributed by atoms with Crippen molar-refractivity contribution in [3.63, 3.8) is 0 Å². The molecule has 1 spiro atoms. The van der Waals surface area contributed by atoms with E-state index in [9.17, 15) is 14.9 Å². The van der Waals surface area contributed by atoms with Crippen LogP contribution in [0.1, 0.15) is 25.0 Å². The van der Waals surface area contributed by atoms with Crippen LogP contribution >= 0.6 is 15.9 Å². The molecule has 0 fully saturated rings. The van der Waals surface area contributed by atoms with Crippen LogP contribution in [0, 0.1) is 11.3 Å². The highest BCUT2D eigenvalue weighted by molar-refractivity contribution is 9.10. The zero-order valence-electron chi connectivity index (χ0n) is 17.5. The Balaban J connectivity index is 2.18. The SMILES string of the molecule is CCOC(=O)C1=C(c2ccccc2)OC(N)=C(C#N)C12C(=O)N(CC)c1ccc(Br)cc12. The standard InChI is InChI=1S/C24H20BrN3O4/c1-3-28-18-11-10-15(25)12-16(18)24(23(28)30)17(13-26)21(27)32-20(14-8-6-5-7-9-14)19(24)22(29)31-4-2/h5-12H,3-4,27H2,1-2H3. The number of nitrogens with two attached hydrogens (primary N) is 1. The van der Waals surface area contributed by atoms with Crippen LogP contribution < -0.4 is 10.6 Å². The number of hydrogen-bond acceptors (Lipinski definition) is 6. The molecule has 1 atom stereocenters. The third kappa shape index (κ3) is 2.93. The number of rotatable bonds is 4. The first-order chi connectivity index (χ1) is 15.4. The highest BCUT2D eigenvalue weighted by atomic mass is 79.9. The first-order valence-electron chi connectivity index (χ1n) is 10.1. The largest absolute Gasteiger partial charge is 0.462 e. The molecule has 0 saturated heterocycles. The van der Waals surface area contributed by atoms with Gasteiger partial charge in [-0.2, -0.15) is 5.26 Å². The lowest BCUT2D eigenvalue weighted by Crippen LogP contribution is -2.48. The number of likely N-dealkylation sites (N-methyl/N-ethyl adjacent to an activating group) is 1. The molecule has 1 amide bonds. The van der Waals surface area contributed by atoms with Crippen molar-refractivity contribution in [3.8, 4) is 6.07 Å². The molecule has 2 aromatic rings. The minimum absolute atomic E-state index is 0.0587. The van der Waals surface area contributed by atoms with Gasteiger partial charge in [-0.25, -0.2) is 4.79 Å². The van der Waals surface area contributed by atoms with E-state index in [1.54, 1.807) is 54.3 Å². The fourth-order valence-electron chi connectivity index (χ4n) is 4.34. The van der Waals surface area contributed by atoms with Crippen LogP contribution in [0.15, 0.2) is 70.0 Å². The number of esters is 1. The maximum Gasteiger partial charge on any atom is 0.339 e. The lowest BCUT2D eigenvalue weighted by atomic mass is 9.67. The average molecular weight is 494 g/mol. The van der Waals surface area contributed by atoms with Crippen molar-refractivity contribution in [2.75, 3.05) is 18.1 Å². The molecule has 162 valence electrons. The zero-order valence-corrected chi connectivity index (χ0v) is 19.1. The van der Waals surface area contributed by atoms with Crippen molar-refractivity contribution in [3.05, 3.63) is 81.2 Å². The van der Waals surface area contributed by atoms with Crippen LogP contribution in [0.4, 0.5) is 5.69 Å². The Morgan fingerprint density at radius 1 is 1.25 bits per heavy atom. The normalized spacial score (nSPS) is 19.7. The first kappa shape index (κ1) is 21.7. The molecule has 1 unspecified atom stereocenters. The van der Waals surface area contributed by atoms with Crippen molar-refractivity contribution in [1.29, 1.82) is 5.26 Å². The van der Waals surface area contributed by atoms with E-state index in [0.29, 0.717) is 27.8 Å². The first-order valence-corrected chi connectivity index (χ1v) is 10.9. The smallest absolute Gasteiger partial charge is 0.339 e. The Bertz CT molecular complexity index is 1230. The number of fused-ring (bicyclic) bond motifs is 2. The van der Waals surface area contributed by atoms with E-state index in [-0.39, 0.29) is 29.4 Å². The van der Waals surface area contributed by atoms with Crippen LogP contribution in [0.5, 0.6) is 0 Å². The number of hydrogen-bond donors (Lipinski definition) is 1. The molecule has 0 radical (unpaired) electrons. The fourth-order valence-corrected chi connectivity index (χ4v) is 4.70. The molecule has 0 saturated carbocycles. The molecule has 0 aromatic heterocycles. The number of carbonyl (C=O) groups excluding carboxylic acids is 2. The van der Waals surface area contributed by atoms with Gasteiger partial charge in [-0.1, -0.05) is 46.3 Å². The van der Waals surface area contributed by atoms with Gasteiger partial charge >= 0.3 is 5.97 Å². The Labute approximate surface area is 193 Å². The van der Waals surface area contributed by atoms with E-state index in [1.807, 2.05) is 19.1 Å². The Kier molecular flexibility index (Phi) is 5.53. The average Bonchev–Trinajstić information content (AvgIpc) is 3.02. The second-order valence-electron chi connectivity index (χ2n) is 7.20. The summed E-state index contributed by atoms with van der Waals surface area (Å²) in [6.45, 7) is 3.92. The fraction of sp³-hybridized carbons (Fsp3) is 0.208. The van der Waals surface area contributed by atoms with Crippen molar-refractivity contribution < 1.29 is 19.1 Å². The van der Waals surface area contributed by atoms with Gasteiger partial charge in [0.25, 0.3) is 0 Å². The molecule has 2 aliphatic rings. The molecular weight excluding hydrogens is 474 g/mol. The number of ether oxygens (including phenoxy) is 2. The molecule has 32 heavy (non-hydrogen) atoms. The number of nitriles is 1. The summed E-state index contributed by atoms with van der Waals surface area (Å²) < 4.78 is 11.9. The van der Waals surface area contributed by atoms with Crippen molar-refractivity contribution >= 4 is 39.3 Å². The van der Waals surface area contributed by atoms with E-state index in [1.165, 1.54) is 0 Å². The highest BCUT2D eigenvalue weighted by Crippen LogP contribution is 2.55. The zero-order chi connectivity index (χ0) is 23.0. The third-order valence-electron chi connectivity index (χ3n) is 5.60. The van der Waals surface area contributed by atoms with Gasteiger partial charge in [0.05, 0.1) is 6.61 Å². The number of anilines is 1. The second kappa shape index (κ2) is 8.17. The van der Waals surface area contributed by atoms with Crippen LogP contribution in [-0.2, 0) is 24.5 Å². The van der Waals surface area contributed by atoms with Gasteiger partial charge in [-0.05, 0) is 32.0 Å². The van der Waals surface area contributed by atoms with E-state index in [4.69, 9.17) is 15.2 Å². The number of halogens is 1. The Morgan fingerprint density at radius 2 is 1.97 bits per heavy atom. The molecule has 4 rings (SSSR count). The number of nitrogens with zero attached hydrogens (tertiary/aromatic N) is 2. The predicted molar refractivity (Wildman–Crippen MR) is 122 cm³/mol. The van der Waals surface area contributed by atoms with Gasteiger partial charge in [0, 0.05) is 27.8 Å². The van der Waals surface area contributed by atoms with Crippen LogP contribution in [0.2, 0.25) is 0 Å². The van der Waals surface area contributed by atoms with E-state index >= 15 is 0 Å². The van der Waals surface area contributed by atoms with Crippen LogP contribution in [-0.4, -0.2) is 25.0 Å². The summed E-state index contributed by atoms with van der Waals surface area (Å²) in [6.07, 6.45) is 0. The molecular formula is C24H20BrN3O4. The maximum absolute atomic E-state index is 14.1. The van der Waals surface area contributed by atoms with Gasteiger partial charge in [-0.15, -0.1) is 0 Å². The molecule has 2 N–H and O–H groups in total. The van der Waals surface area contributed by atoms with Crippen molar-refractivity contribution in [1.82, 2.24) is 0 Å². The summed E-state index contributed by atoms with van der Waals surface area (Å²) in [5.41, 5.74) is 5.83. The van der Waals surface area contributed by atoms with Crippen molar-refractivity contribution in [2.24, 2.45) is 5.73 Å². The highest BCUT2D eigenvalue weighted by Gasteiger charge is 2.62. The lowest BCUT2D eigenvalue weighted by molar-refractivity contribution is -0.140. The lowest BCUT2D eigenvalue weighted by Gasteiger charge is -2.35. The maximum atomic E-state index is 14.1. The molecule has 8 heteroatoms. The van der Waals surface area contributed by atoms with Gasteiger partial charge in [-0.3, -0.25) is 4.79 Å². The van der Waals surface area contributed by atoms with E-state index < -0.39 is 17.3 Å². The van der Waals surface area contributed by atoms with Crippen LogP contribution in [0.25, 0.3) is 5.76 Å². The molecule has 2 aromatic carbocycles. The topological polar surface area (TPSA) is 106 Å². The quantitative estimate of drug-likeness (QED) is 0.650. The minimum Gasteiger partial charge on any atom is -0.462 e. The monoisotopic (exact) mass is 493 g/mol. The molecule has 2 heterocycles. The Hall–Kier alpha value is -3.57. The second-order valence-corrected chi connectivity index (χ2v) is 8.12. The third-order valence-corrected chi connectivity index (χ3v) is 6.09. The Morgan fingerprint density at radius 3 is 2.59 bits per heavy atom. The van der Waals surface area contributed by atoms with Crippen LogP contribution in [0.3, 0.4) is 0 Å². The van der Waals surface area contributed by atoms with Crippen molar-refractivity contribution in [2.45, 2.75) is 19.3 Å². The van der Waals surface area contributed by atoms with Gasteiger partial charge in [0.15, 0.2) is 5.41 Å². The predicted octanol–water partition coefficient (Wildman–Crippen LogP) is 3.75.